The Balaban J connectivity index is 1.91. The number of hydrogen-bond acceptors (Lipinski definition) is 5. The van der Waals surface area contributed by atoms with Crippen molar-refractivity contribution in [3.05, 3.63) is 46.1 Å². The molecule has 0 spiro atoms. The van der Waals surface area contributed by atoms with Gasteiger partial charge in [-0.25, -0.2) is 4.98 Å². The van der Waals surface area contributed by atoms with Crippen molar-refractivity contribution in [3.8, 4) is 0 Å². The Morgan fingerprint density at radius 2 is 1.67 bits per heavy atom. The molecule has 1 aromatic carbocycles. The normalized spacial score (nSPS) is 18.2. The van der Waals surface area contributed by atoms with Gasteiger partial charge in [0.15, 0.2) is 0 Å². The van der Waals surface area contributed by atoms with E-state index in [2.05, 4.69) is 19.9 Å². The summed E-state index contributed by atoms with van der Waals surface area (Å²) in [6.45, 7) is 3.35. The first-order chi connectivity index (χ1) is 15.3. The number of aromatic nitrogens is 4. The third kappa shape index (κ3) is 4.33. The molecule has 3 heterocycles. The van der Waals surface area contributed by atoms with Crippen LogP contribution < -0.4 is 4.90 Å². The van der Waals surface area contributed by atoms with Crippen LogP contribution in [0.15, 0.2) is 18.2 Å². The Morgan fingerprint density at radius 3 is 2.21 bits per heavy atom. The second kappa shape index (κ2) is 8.01. The molecule has 0 unspecified atom stereocenters. The van der Waals surface area contributed by atoms with E-state index in [0.29, 0.717) is 16.2 Å². The molecule has 33 heavy (non-hydrogen) atoms. The number of nitrogens with one attached hydrogen (secondary N) is 1. The van der Waals surface area contributed by atoms with Crippen LogP contribution in [0.4, 0.5) is 32.3 Å². The Morgan fingerprint density at radius 1 is 1.06 bits per heavy atom. The number of rotatable bonds is 3. The number of fused-ring (bicyclic) bond motifs is 3. The van der Waals surface area contributed by atoms with E-state index >= 15 is 0 Å². The fourth-order valence-electron chi connectivity index (χ4n) is 3.98. The summed E-state index contributed by atoms with van der Waals surface area (Å²) >= 11 is 6.10. The van der Waals surface area contributed by atoms with Crippen molar-refractivity contribution < 1.29 is 31.4 Å². The van der Waals surface area contributed by atoms with Crippen LogP contribution in [0.5, 0.6) is 0 Å². The van der Waals surface area contributed by atoms with E-state index in [1.807, 2.05) is 0 Å². The number of aliphatic hydroxyl groups excluding tert-OH is 1. The zero-order valence-electron chi connectivity index (χ0n) is 17.3. The van der Waals surface area contributed by atoms with Crippen LogP contribution in [-0.4, -0.2) is 37.7 Å². The van der Waals surface area contributed by atoms with Gasteiger partial charge >= 0.3 is 12.4 Å². The first-order valence-corrected chi connectivity index (χ1v) is 10.3. The second-order valence-electron chi connectivity index (χ2n) is 8.11. The molecule has 2 N–H and O–H groups in total. The van der Waals surface area contributed by atoms with E-state index in [-0.39, 0.29) is 18.9 Å². The molecule has 0 aliphatic carbocycles. The van der Waals surface area contributed by atoms with E-state index in [4.69, 9.17) is 11.6 Å². The zero-order chi connectivity index (χ0) is 24.3. The van der Waals surface area contributed by atoms with Crippen LogP contribution in [0.2, 0.25) is 5.02 Å². The highest BCUT2D eigenvalue weighted by Gasteiger charge is 2.44. The van der Waals surface area contributed by atoms with Gasteiger partial charge in [0.25, 0.3) is 0 Å². The molecule has 13 heteroatoms. The molecular formula is C20H18ClF6N5O. The van der Waals surface area contributed by atoms with Gasteiger partial charge in [0.1, 0.15) is 0 Å². The van der Waals surface area contributed by atoms with Crippen LogP contribution in [0.3, 0.4) is 0 Å². The third-order valence-corrected chi connectivity index (χ3v) is 5.76. The average molecular weight is 494 g/mol. The molecule has 0 bridgehead atoms. The van der Waals surface area contributed by atoms with Crippen LogP contribution in [-0.2, 0) is 18.8 Å². The highest BCUT2D eigenvalue weighted by molar-refractivity contribution is 6.31. The number of aliphatic hydroxyl groups is 1. The maximum Gasteiger partial charge on any atom is 0.451 e. The van der Waals surface area contributed by atoms with Crippen LogP contribution in [0.1, 0.15) is 42.8 Å². The van der Waals surface area contributed by atoms with Gasteiger partial charge < -0.3 is 15.0 Å². The fourth-order valence-corrected chi connectivity index (χ4v) is 4.15. The van der Waals surface area contributed by atoms with Crippen LogP contribution >= 0.6 is 11.6 Å². The quantitative estimate of drug-likeness (QED) is 0.493. The zero-order valence-corrected chi connectivity index (χ0v) is 18.0. The monoisotopic (exact) mass is 493 g/mol. The molecular weight excluding hydrogens is 476 g/mol. The summed E-state index contributed by atoms with van der Waals surface area (Å²) < 4.78 is 79.8. The molecule has 0 radical (unpaired) electrons. The van der Waals surface area contributed by atoms with E-state index < -0.39 is 42.1 Å². The fraction of sp³-hybridized carbons (Fsp3) is 0.450. The Labute approximate surface area is 188 Å². The lowest BCUT2D eigenvalue weighted by Crippen LogP contribution is -2.45. The number of alkyl halides is 6. The maximum absolute atomic E-state index is 13.3. The highest BCUT2D eigenvalue weighted by atomic mass is 35.5. The summed E-state index contributed by atoms with van der Waals surface area (Å²) in [6, 6.07) is 4.05. The van der Waals surface area contributed by atoms with Crippen molar-refractivity contribution in [2.45, 2.75) is 44.8 Å². The minimum absolute atomic E-state index is 0.0283. The van der Waals surface area contributed by atoms with Crippen molar-refractivity contribution in [2.24, 2.45) is 5.92 Å². The van der Waals surface area contributed by atoms with Crippen molar-refractivity contribution in [1.29, 1.82) is 0 Å². The summed E-state index contributed by atoms with van der Waals surface area (Å²) in [4.78, 5) is 13.5. The first kappa shape index (κ1) is 23.6. The molecule has 3 aromatic rings. The van der Waals surface area contributed by atoms with E-state index in [1.54, 1.807) is 32.0 Å². The number of anilines is 1. The smallest absolute Gasteiger partial charge is 0.390 e. The van der Waals surface area contributed by atoms with Crippen molar-refractivity contribution >= 4 is 28.5 Å². The number of aromatic amines is 1. The van der Waals surface area contributed by atoms with Gasteiger partial charge in [0.05, 0.1) is 12.1 Å². The lowest BCUT2D eigenvalue weighted by atomic mass is 9.89. The maximum atomic E-state index is 13.3. The lowest BCUT2D eigenvalue weighted by Gasteiger charge is -2.39. The molecule has 2 atom stereocenters. The van der Waals surface area contributed by atoms with Gasteiger partial charge in [-0.3, -0.25) is 0 Å². The Kier molecular flexibility index (Phi) is 5.72. The van der Waals surface area contributed by atoms with Gasteiger partial charge in [0.2, 0.25) is 17.6 Å². The van der Waals surface area contributed by atoms with Crippen molar-refractivity contribution in [2.75, 3.05) is 11.4 Å². The Hall–Kier alpha value is -2.60. The first-order valence-electron chi connectivity index (χ1n) is 9.92. The van der Waals surface area contributed by atoms with Crippen molar-refractivity contribution in [3.63, 3.8) is 0 Å². The summed E-state index contributed by atoms with van der Waals surface area (Å²) in [6.07, 6.45) is -11.3. The second-order valence-corrected chi connectivity index (χ2v) is 8.54. The van der Waals surface area contributed by atoms with E-state index in [0.717, 1.165) is 15.8 Å². The predicted octanol–water partition coefficient (Wildman–Crippen LogP) is 5.16. The van der Waals surface area contributed by atoms with Crippen molar-refractivity contribution in [1.82, 2.24) is 19.9 Å². The lowest BCUT2D eigenvalue weighted by molar-refractivity contribution is -0.155. The molecule has 178 valence electrons. The number of nitrogens with zero attached hydrogens (tertiary/aromatic N) is 4. The van der Waals surface area contributed by atoms with E-state index in [1.165, 1.54) is 0 Å². The minimum Gasteiger partial charge on any atom is -0.390 e. The summed E-state index contributed by atoms with van der Waals surface area (Å²) in [5, 5.41) is 12.2. The van der Waals surface area contributed by atoms with Gasteiger partial charge in [-0.1, -0.05) is 25.4 Å². The van der Waals surface area contributed by atoms with Crippen LogP contribution in [0.25, 0.3) is 10.9 Å². The summed E-state index contributed by atoms with van der Waals surface area (Å²) in [5.74, 6) is -5.10. The molecule has 0 fully saturated rings. The van der Waals surface area contributed by atoms with Crippen LogP contribution in [0, 0.1) is 5.92 Å². The largest absolute Gasteiger partial charge is 0.451 e. The molecule has 0 amide bonds. The van der Waals surface area contributed by atoms with Gasteiger partial charge in [-0.15, -0.1) is 0 Å². The molecule has 2 aromatic heterocycles. The van der Waals surface area contributed by atoms with Gasteiger partial charge in [0, 0.05) is 28.2 Å². The summed E-state index contributed by atoms with van der Waals surface area (Å²) in [7, 11) is 0. The van der Waals surface area contributed by atoms with Gasteiger partial charge in [-0.2, -0.15) is 36.3 Å². The molecule has 6 nitrogen and oxygen atoms in total. The number of H-pyrrole nitrogens is 1. The minimum atomic E-state index is -5.22. The molecule has 0 saturated carbocycles. The van der Waals surface area contributed by atoms with Gasteiger partial charge in [-0.05, 0) is 36.1 Å². The summed E-state index contributed by atoms with van der Waals surface area (Å²) in [5.41, 5.74) is 1.91. The highest BCUT2D eigenvalue weighted by Crippen LogP contribution is 2.41. The topological polar surface area (TPSA) is 77.9 Å². The average Bonchev–Trinajstić information content (AvgIpc) is 3.08. The SMILES string of the molecule is CC(C)[C@H](O)[C@@H]1c2[nH]c3ccc(Cl)cc3c2CCN1c1nc(C(F)(F)F)nc(C(F)(F)F)n1. The standard InChI is InChI=1S/C20H18ClF6N5O/c1-8(2)15(33)14-13-10(11-7-9(21)3-4-12(11)28-13)5-6-32(14)18-30-16(19(22,23)24)29-17(31-18)20(25,26)27/h3-4,7-8,14-15,28,33H,5-6H2,1-2H3/t14-,15-/m0/s1. The number of halogens is 7. The van der Waals surface area contributed by atoms with E-state index in [9.17, 15) is 31.4 Å². The molecule has 1 aliphatic rings. The predicted molar refractivity (Wildman–Crippen MR) is 108 cm³/mol. The number of hydrogen-bond donors (Lipinski definition) is 2. The molecule has 0 saturated heterocycles. The molecule has 4 rings (SSSR count). The number of benzene rings is 1. The Bertz CT molecular complexity index is 1160. The third-order valence-electron chi connectivity index (χ3n) is 5.53. The molecule has 1 aliphatic heterocycles.